The Balaban J connectivity index is 1.52. The summed E-state index contributed by atoms with van der Waals surface area (Å²) in [6.07, 6.45) is 0.539. The molecular weight excluding hydrogens is 424 g/mol. The minimum atomic E-state index is -1.37. The summed E-state index contributed by atoms with van der Waals surface area (Å²) < 4.78 is 27.4. The molecule has 4 amide bonds. The van der Waals surface area contributed by atoms with Crippen LogP contribution in [0.25, 0.3) is 0 Å². The first-order valence-electron chi connectivity index (χ1n) is 10.8. The van der Waals surface area contributed by atoms with Gasteiger partial charge in [-0.25, -0.2) is 13.6 Å². The van der Waals surface area contributed by atoms with Crippen LogP contribution in [-0.2, 0) is 16.0 Å². The molecule has 0 bridgehead atoms. The Hall–Kier alpha value is -2.79. The van der Waals surface area contributed by atoms with E-state index < -0.39 is 47.7 Å². The van der Waals surface area contributed by atoms with E-state index in [1.807, 2.05) is 0 Å². The molecular formula is C21H27F2N5O4. The second kappa shape index (κ2) is 9.37. The number of carbonyl (C=O) groups is 3. The number of amides is 4. The summed E-state index contributed by atoms with van der Waals surface area (Å²) in [5, 5.41) is 21.9. The Labute approximate surface area is 183 Å². The van der Waals surface area contributed by atoms with Crippen molar-refractivity contribution >= 4 is 17.8 Å². The van der Waals surface area contributed by atoms with Gasteiger partial charge in [0.2, 0.25) is 11.8 Å². The van der Waals surface area contributed by atoms with E-state index in [2.05, 4.69) is 21.3 Å². The summed E-state index contributed by atoms with van der Waals surface area (Å²) in [5.74, 6) is -2.12. The molecule has 1 aliphatic carbocycles. The summed E-state index contributed by atoms with van der Waals surface area (Å²) in [4.78, 5) is 39.0. The van der Waals surface area contributed by atoms with Crippen molar-refractivity contribution in [1.29, 1.82) is 0 Å². The number of nitrogens with one attached hydrogen (secondary N) is 4. The summed E-state index contributed by atoms with van der Waals surface area (Å²) in [5.41, 5.74) is 0.221. The monoisotopic (exact) mass is 451 g/mol. The molecule has 9 nitrogen and oxygen atoms in total. The van der Waals surface area contributed by atoms with Gasteiger partial charge in [-0.15, -0.1) is 0 Å². The van der Waals surface area contributed by atoms with Crippen LogP contribution in [0.4, 0.5) is 13.6 Å². The highest BCUT2D eigenvalue weighted by molar-refractivity contribution is 5.91. The number of rotatable bonds is 8. The van der Waals surface area contributed by atoms with Crippen LogP contribution in [-0.4, -0.2) is 78.3 Å². The molecule has 3 aliphatic rings. The molecule has 2 saturated heterocycles. The van der Waals surface area contributed by atoms with Gasteiger partial charge in [-0.2, -0.15) is 0 Å². The van der Waals surface area contributed by atoms with Crippen LogP contribution < -0.4 is 21.3 Å². The van der Waals surface area contributed by atoms with Crippen LogP contribution in [0.5, 0.6) is 0 Å². The normalized spacial score (nSPS) is 25.2. The Morgan fingerprint density at radius 2 is 1.88 bits per heavy atom. The lowest BCUT2D eigenvalue weighted by Crippen LogP contribution is -2.64. The molecule has 0 aromatic heterocycles. The van der Waals surface area contributed by atoms with Crippen LogP contribution in [0, 0.1) is 17.6 Å². The summed E-state index contributed by atoms with van der Waals surface area (Å²) in [7, 11) is 0. The van der Waals surface area contributed by atoms with Crippen molar-refractivity contribution in [2.45, 2.75) is 43.5 Å². The number of piperazine rings is 1. The zero-order valence-corrected chi connectivity index (χ0v) is 17.4. The lowest BCUT2D eigenvalue weighted by Gasteiger charge is -2.34. The standard InChI is InChI=1S/C21H27F2N5O4/c22-13-5-12(6-14(23)8-13)7-15(18(29)17-20(31)25-4-3-24-17)27-19(30)16-9-26-21(32)28(16)10-11-1-2-11/h5-6,8,11,15-18,24,29H,1-4,7,9-10H2,(H,25,31)(H,26,32)(H,27,30)/t15-,16?,17-,18-/m0/s1. The van der Waals surface area contributed by atoms with Gasteiger partial charge in [0.15, 0.2) is 0 Å². The maximum Gasteiger partial charge on any atom is 0.318 e. The van der Waals surface area contributed by atoms with Gasteiger partial charge < -0.3 is 31.3 Å². The topological polar surface area (TPSA) is 123 Å². The molecule has 4 atom stereocenters. The third kappa shape index (κ3) is 5.16. The van der Waals surface area contributed by atoms with Crippen LogP contribution in [0.1, 0.15) is 18.4 Å². The largest absolute Gasteiger partial charge is 0.389 e. The minimum Gasteiger partial charge on any atom is -0.389 e. The highest BCUT2D eigenvalue weighted by Crippen LogP contribution is 2.31. The molecule has 3 fully saturated rings. The van der Waals surface area contributed by atoms with Crippen molar-refractivity contribution < 1.29 is 28.3 Å². The Bertz CT molecular complexity index is 877. The number of hydrogen-bond donors (Lipinski definition) is 5. The number of aliphatic hydroxyl groups is 1. The van der Waals surface area contributed by atoms with Crippen molar-refractivity contribution in [1.82, 2.24) is 26.2 Å². The van der Waals surface area contributed by atoms with E-state index in [1.54, 1.807) is 0 Å². The maximum atomic E-state index is 13.7. The third-order valence-corrected chi connectivity index (χ3v) is 6.07. The first-order valence-corrected chi connectivity index (χ1v) is 10.8. The minimum absolute atomic E-state index is 0.107. The second-order valence-corrected chi connectivity index (χ2v) is 8.61. The fraction of sp³-hybridized carbons (Fsp3) is 0.571. The molecule has 4 rings (SSSR count). The Kier molecular flexibility index (Phi) is 6.56. The van der Waals surface area contributed by atoms with Crippen LogP contribution in [0.2, 0.25) is 0 Å². The summed E-state index contributed by atoms with van der Waals surface area (Å²) >= 11 is 0. The lowest BCUT2D eigenvalue weighted by atomic mass is 9.94. The van der Waals surface area contributed by atoms with Gasteiger partial charge in [-0.1, -0.05) is 0 Å². The average Bonchev–Trinajstić information content (AvgIpc) is 3.48. The smallest absolute Gasteiger partial charge is 0.318 e. The number of hydrogen-bond acceptors (Lipinski definition) is 5. The fourth-order valence-electron chi connectivity index (χ4n) is 4.20. The van der Waals surface area contributed by atoms with E-state index in [9.17, 15) is 28.3 Å². The third-order valence-electron chi connectivity index (χ3n) is 6.07. The van der Waals surface area contributed by atoms with Gasteiger partial charge in [0.05, 0.1) is 12.1 Å². The summed E-state index contributed by atoms with van der Waals surface area (Å²) in [6, 6.07) is -0.158. The van der Waals surface area contributed by atoms with Crippen LogP contribution in [0.15, 0.2) is 18.2 Å². The van der Waals surface area contributed by atoms with E-state index in [-0.39, 0.29) is 24.6 Å². The van der Waals surface area contributed by atoms with Crippen molar-refractivity contribution in [3.63, 3.8) is 0 Å². The van der Waals surface area contributed by atoms with Gasteiger partial charge >= 0.3 is 6.03 Å². The lowest BCUT2D eigenvalue weighted by molar-refractivity contribution is -0.131. The van der Waals surface area contributed by atoms with Gasteiger partial charge in [0, 0.05) is 32.2 Å². The molecule has 5 N–H and O–H groups in total. The van der Waals surface area contributed by atoms with E-state index in [0.717, 1.165) is 31.0 Å². The number of nitrogens with zero attached hydrogens (tertiary/aromatic N) is 1. The fourth-order valence-corrected chi connectivity index (χ4v) is 4.20. The molecule has 0 radical (unpaired) electrons. The van der Waals surface area contributed by atoms with Crippen molar-refractivity contribution in [3.8, 4) is 0 Å². The number of benzene rings is 1. The van der Waals surface area contributed by atoms with E-state index in [4.69, 9.17) is 0 Å². The molecule has 174 valence electrons. The molecule has 1 aromatic rings. The van der Waals surface area contributed by atoms with Crippen molar-refractivity contribution in [2.75, 3.05) is 26.2 Å². The first-order chi connectivity index (χ1) is 15.3. The first kappa shape index (κ1) is 22.4. The van der Waals surface area contributed by atoms with Gasteiger partial charge in [-0.05, 0) is 42.9 Å². The van der Waals surface area contributed by atoms with Crippen molar-refractivity contribution in [3.05, 3.63) is 35.4 Å². The van der Waals surface area contributed by atoms with E-state index in [0.29, 0.717) is 25.6 Å². The SMILES string of the molecule is O=C(N[C@@H](Cc1cc(F)cc(F)c1)[C@H](O)[C@@H]1NCCNC1=O)C1CNC(=O)N1CC1CC1. The quantitative estimate of drug-likeness (QED) is 0.356. The van der Waals surface area contributed by atoms with E-state index >= 15 is 0 Å². The average molecular weight is 451 g/mol. The molecule has 11 heteroatoms. The predicted molar refractivity (Wildman–Crippen MR) is 109 cm³/mol. The molecule has 1 saturated carbocycles. The van der Waals surface area contributed by atoms with Crippen molar-refractivity contribution in [2.24, 2.45) is 5.92 Å². The number of aliphatic hydroxyl groups excluding tert-OH is 1. The number of urea groups is 1. The highest BCUT2D eigenvalue weighted by atomic mass is 19.1. The number of carbonyl (C=O) groups excluding carboxylic acids is 3. The second-order valence-electron chi connectivity index (χ2n) is 8.61. The molecule has 2 heterocycles. The Morgan fingerprint density at radius 3 is 2.53 bits per heavy atom. The molecule has 32 heavy (non-hydrogen) atoms. The van der Waals surface area contributed by atoms with Crippen LogP contribution in [0.3, 0.4) is 0 Å². The summed E-state index contributed by atoms with van der Waals surface area (Å²) in [6.45, 7) is 1.43. The molecule has 1 unspecified atom stereocenters. The predicted octanol–water partition coefficient (Wildman–Crippen LogP) is -0.755. The maximum absolute atomic E-state index is 13.7. The van der Waals surface area contributed by atoms with Gasteiger partial charge in [0.25, 0.3) is 0 Å². The number of halogens is 2. The Morgan fingerprint density at radius 1 is 1.16 bits per heavy atom. The van der Waals surface area contributed by atoms with Gasteiger partial charge in [-0.3, -0.25) is 9.59 Å². The zero-order chi connectivity index (χ0) is 22.8. The zero-order valence-electron chi connectivity index (χ0n) is 17.4. The van der Waals surface area contributed by atoms with Crippen LogP contribution >= 0.6 is 0 Å². The van der Waals surface area contributed by atoms with E-state index in [1.165, 1.54) is 4.90 Å². The molecule has 2 aliphatic heterocycles. The highest BCUT2D eigenvalue weighted by Gasteiger charge is 2.41. The van der Waals surface area contributed by atoms with Gasteiger partial charge in [0.1, 0.15) is 23.7 Å². The molecule has 1 aromatic carbocycles. The molecule has 0 spiro atoms.